The van der Waals surface area contributed by atoms with Crippen molar-refractivity contribution in [1.29, 1.82) is 0 Å². The molecular weight excluding hydrogens is 224 g/mol. The lowest BCUT2D eigenvalue weighted by molar-refractivity contribution is -0.0523. The van der Waals surface area contributed by atoms with Gasteiger partial charge in [-0.1, -0.05) is 0 Å². The molecule has 0 spiro atoms. The highest BCUT2D eigenvalue weighted by atomic mass is 16.5. The van der Waals surface area contributed by atoms with Crippen molar-refractivity contribution in [3.63, 3.8) is 0 Å². The van der Waals surface area contributed by atoms with Crippen LogP contribution in [-0.4, -0.2) is 15.6 Å². The van der Waals surface area contributed by atoms with Gasteiger partial charge in [-0.2, -0.15) is 0 Å². The number of pyridine rings is 2. The Bertz CT molecular complexity index is 558. The van der Waals surface area contributed by atoms with Crippen molar-refractivity contribution in [3.05, 3.63) is 35.7 Å². The molecule has 96 valence electrons. The molecule has 0 saturated carbocycles. The predicted molar refractivity (Wildman–Crippen MR) is 73.5 cm³/mol. The third-order valence-corrected chi connectivity index (χ3v) is 2.71. The summed E-state index contributed by atoms with van der Waals surface area (Å²) in [7, 11) is 0. The van der Waals surface area contributed by atoms with E-state index in [1.54, 1.807) is 6.20 Å². The Morgan fingerprint density at radius 3 is 2.67 bits per heavy atom. The van der Waals surface area contributed by atoms with Crippen LogP contribution in [0.3, 0.4) is 0 Å². The quantitative estimate of drug-likeness (QED) is 0.805. The normalized spacial score (nSPS) is 13.8. The molecule has 0 aliphatic heterocycles. The third kappa shape index (κ3) is 2.85. The smallest absolute Gasteiger partial charge is 0.159 e. The second-order valence-electron chi connectivity index (χ2n) is 5.60. The maximum absolute atomic E-state index is 6.03. The van der Waals surface area contributed by atoms with Crippen LogP contribution in [0.4, 0.5) is 0 Å². The van der Waals surface area contributed by atoms with Crippen molar-refractivity contribution in [1.82, 2.24) is 9.97 Å². The summed E-state index contributed by atoms with van der Waals surface area (Å²) in [4.78, 5) is 8.76. The molecule has 0 amide bonds. The van der Waals surface area contributed by atoms with Crippen LogP contribution >= 0.6 is 0 Å². The van der Waals surface area contributed by atoms with Crippen molar-refractivity contribution in [2.24, 2.45) is 0 Å². The fourth-order valence-electron chi connectivity index (χ4n) is 2.14. The van der Waals surface area contributed by atoms with Gasteiger partial charge in [-0.05, 0) is 58.4 Å². The summed E-state index contributed by atoms with van der Waals surface area (Å²) in [5.74, 6) is 0. The minimum Gasteiger partial charge on any atom is -0.368 e. The van der Waals surface area contributed by atoms with Gasteiger partial charge in [0.15, 0.2) is 5.65 Å². The monoisotopic (exact) mass is 244 g/mol. The topological polar surface area (TPSA) is 35.0 Å². The zero-order chi connectivity index (χ0) is 13.3. The van der Waals surface area contributed by atoms with E-state index in [1.165, 1.54) is 0 Å². The van der Waals surface area contributed by atoms with Crippen molar-refractivity contribution in [2.45, 2.75) is 46.3 Å². The summed E-state index contributed by atoms with van der Waals surface area (Å²) in [6, 6.07) is 6.07. The van der Waals surface area contributed by atoms with Gasteiger partial charge < -0.3 is 4.74 Å². The standard InChI is InChI=1S/C15H20N2O/c1-10-9-13(11(2)18-15(3,4)5)12-7-6-8-16-14(12)17-10/h6-9,11H,1-5H3. The third-order valence-electron chi connectivity index (χ3n) is 2.71. The average Bonchev–Trinajstić information content (AvgIpc) is 2.25. The van der Waals surface area contributed by atoms with Crippen LogP contribution in [0.1, 0.15) is 45.1 Å². The first kappa shape index (κ1) is 13.0. The number of aromatic nitrogens is 2. The fraction of sp³-hybridized carbons (Fsp3) is 0.467. The molecule has 0 aliphatic carbocycles. The van der Waals surface area contributed by atoms with Crippen LogP contribution < -0.4 is 0 Å². The molecule has 2 aromatic rings. The van der Waals surface area contributed by atoms with Crippen molar-refractivity contribution in [3.8, 4) is 0 Å². The minimum atomic E-state index is -0.162. The van der Waals surface area contributed by atoms with Crippen molar-refractivity contribution in [2.75, 3.05) is 0 Å². The van der Waals surface area contributed by atoms with Gasteiger partial charge >= 0.3 is 0 Å². The second kappa shape index (κ2) is 4.65. The van der Waals surface area contributed by atoms with E-state index in [0.717, 1.165) is 22.3 Å². The van der Waals surface area contributed by atoms with Gasteiger partial charge in [0, 0.05) is 17.3 Å². The molecule has 1 unspecified atom stereocenters. The highest BCUT2D eigenvalue weighted by Crippen LogP contribution is 2.28. The Morgan fingerprint density at radius 1 is 1.28 bits per heavy atom. The molecule has 3 nitrogen and oxygen atoms in total. The lowest BCUT2D eigenvalue weighted by atomic mass is 10.0. The number of aryl methyl sites for hydroxylation is 1. The Balaban J connectivity index is 2.49. The van der Waals surface area contributed by atoms with E-state index in [1.807, 2.05) is 19.1 Å². The highest BCUT2D eigenvalue weighted by molar-refractivity contribution is 5.79. The van der Waals surface area contributed by atoms with Gasteiger partial charge in [0.25, 0.3) is 0 Å². The maximum Gasteiger partial charge on any atom is 0.159 e. The van der Waals surface area contributed by atoms with Crippen molar-refractivity contribution >= 4 is 11.0 Å². The molecule has 0 N–H and O–H groups in total. The number of fused-ring (bicyclic) bond motifs is 1. The molecule has 0 radical (unpaired) electrons. The molecule has 0 aromatic carbocycles. The molecule has 18 heavy (non-hydrogen) atoms. The molecule has 2 rings (SSSR count). The molecule has 2 heterocycles. The highest BCUT2D eigenvalue weighted by Gasteiger charge is 2.19. The molecular formula is C15H20N2O. The van der Waals surface area contributed by atoms with E-state index in [-0.39, 0.29) is 11.7 Å². The molecule has 0 fully saturated rings. The molecule has 1 atom stereocenters. The van der Waals surface area contributed by atoms with Gasteiger partial charge in [-0.15, -0.1) is 0 Å². The van der Waals surface area contributed by atoms with Crippen LogP contribution in [0, 0.1) is 6.92 Å². The number of ether oxygens (including phenoxy) is 1. The first-order chi connectivity index (χ1) is 8.37. The molecule has 3 heteroatoms. The van der Waals surface area contributed by atoms with Gasteiger partial charge in [0.1, 0.15) is 0 Å². The van der Waals surface area contributed by atoms with E-state index in [2.05, 4.69) is 43.7 Å². The summed E-state index contributed by atoms with van der Waals surface area (Å²) in [6.07, 6.45) is 1.80. The Labute approximate surface area is 108 Å². The lowest BCUT2D eigenvalue weighted by Crippen LogP contribution is -2.21. The SMILES string of the molecule is Cc1cc(C(C)OC(C)(C)C)c2cccnc2n1. The number of nitrogens with zero attached hydrogens (tertiary/aromatic N) is 2. The van der Waals surface area contributed by atoms with Crippen LogP contribution in [0.25, 0.3) is 11.0 Å². The Kier molecular flexibility index (Phi) is 3.35. The van der Waals surface area contributed by atoms with Crippen LogP contribution in [-0.2, 0) is 4.74 Å². The van der Waals surface area contributed by atoms with E-state index in [0.29, 0.717) is 0 Å². The average molecular weight is 244 g/mol. The van der Waals surface area contributed by atoms with Crippen LogP contribution in [0.15, 0.2) is 24.4 Å². The summed E-state index contributed by atoms with van der Waals surface area (Å²) in [5.41, 5.74) is 2.75. The Morgan fingerprint density at radius 2 is 2.00 bits per heavy atom. The van der Waals surface area contributed by atoms with E-state index in [9.17, 15) is 0 Å². The largest absolute Gasteiger partial charge is 0.368 e. The zero-order valence-electron chi connectivity index (χ0n) is 11.7. The first-order valence-corrected chi connectivity index (χ1v) is 6.27. The van der Waals surface area contributed by atoms with E-state index < -0.39 is 0 Å². The van der Waals surface area contributed by atoms with Gasteiger partial charge in [-0.25, -0.2) is 9.97 Å². The lowest BCUT2D eigenvalue weighted by Gasteiger charge is -2.26. The molecule has 0 saturated heterocycles. The molecule has 2 aromatic heterocycles. The van der Waals surface area contributed by atoms with Gasteiger partial charge in [-0.3, -0.25) is 0 Å². The maximum atomic E-state index is 6.03. The molecule has 0 aliphatic rings. The van der Waals surface area contributed by atoms with Crippen LogP contribution in [0.2, 0.25) is 0 Å². The zero-order valence-corrected chi connectivity index (χ0v) is 11.7. The van der Waals surface area contributed by atoms with Crippen LogP contribution in [0.5, 0.6) is 0 Å². The molecule has 0 bridgehead atoms. The summed E-state index contributed by atoms with van der Waals surface area (Å²) in [6.45, 7) is 10.3. The predicted octanol–water partition coefficient (Wildman–Crippen LogP) is 3.81. The summed E-state index contributed by atoms with van der Waals surface area (Å²) in [5, 5.41) is 1.07. The van der Waals surface area contributed by atoms with Gasteiger partial charge in [0.05, 0.1) is 11.7 Å². The number of rotatable bonds is 2. The minimum absolute atomic E-state index is 0.0263. The number of hydrogen-bond acceptors (Lipinski definition) is 3. The summed E-state index contributed by atoms with van der Waals surface area (Å²) < 4.78 is 6.03. The Hall–Kier alpha value is -1.48. The number of hydrogen-bond donors (Lipinski definition) is 0. The van der Waals surface area contributed by atoms with E-state index in [4.69, 9.17) is 4.74 Å². The fourth-order valence-corrected chi connectivity index (χ4v) is 2.14. The van der Waals surface area contributed by atoms with Gasteiger partial charge in [0.2, 0.25) is 0 Å². The first-order valence-electron chi connectivity index (χ1n) is 6.27. The van der Waals surface area contributed by atoms with Crippen molar-refractivity contribution < 1.29 is 4.74 Å². The van der Waals surface area contributed by atoms with E-state index >= 15 is 0 Å². The summed E-state index contributed by atoms with van der Waals surface area (Å²) >= 11 is 0. The second-order valence-corrected chi connectivity index (χ2v) is 5.60.